The van der Waals surface area contributed by atoms with Crippen LogP contribution in [0.25, 0.3) is 11.3 Å². The zero-order valence-electron chi connectivity index (χ0n) is 23.5. The van der Waals surface area contributed by atoms with Crippen molar-refractivity contribution in [3.05, 3.63) is 95.6 Å². The molecular formula is C29H27ClF5N6O3S-. The van der Waals surface area contributed by atoms with Gasteiger partial charge in [-0.05, 0) is 37.1 Å². The van der Waals surface area contributed by atoms with Gasteiger partial charge in [-0.2, -0.15) is 4.39 Å². The minimum atomic E-state index is -2.94. The van der Waals surface area contributed by atoms with E-state index < -0.39 is 57.9 Å². The van der Waals surface area contributed by atoms with Gasteiger partial charge in [-0.15, -0.1) is 12.4 Å². The van der Waals surface area contributed by atoms with E-state index in [1.807, 2.05) is 4.72 Å². The van der Waals surface area contributed by atoms with Gasteiger partial charge in [0.25, 0.3) is 0 Å². The van der Waals surface area contributed by atoms with E-state index >= 15 is 13.2 Å². The normalized spacial score (nSPS) is 18.0. The molecule has 2 aromatic carbocycles. The Morgan fingerprint density at radius 2 is 1.80 bits per heavy atom. The number of pyridine rings is 1. The van der Waals surface area contributed by atoms with Crippen molar-refractivity contribution in [2.24, 2.45) is 5.92 Å². The standard InChI is InChI=1S/C29H27F5N6O3S.ClH/c1-29(33,34)17-12-18(15-35-14-17)38-28-37-11-9-21(39-28)19-8-5-10-36-27(19)43-22-13-20(30)23(25(32)24(22)31)26(40-44(41)42)16-6-3-2-4-7-16;/h2-11,13,17-18,26,35,40H,12,14-15H2,1H3,(H,41,42)(H,37,38,39);1H/p-1. The molecule has 2 aromatic heterocycles. The molecule has 0 bridgehead atoms. The van der Waals surface area contributed by atoms with Gasteiger partial charge in [0, 0.05) is 60.3 Å². The lowest BCUT2D eigenvalue weighted by atomic mass is 9.91. The van der Waals surface area contributed by atoms with Crippen molar-refractivity contribution in [1.29, 1.82) is 0 Å². The van der Waals surface area contributed by atoms with Crippen LogP contribution in [0.15, 0.2) is 67.0 Å². The summed E-state index contributed by atoms with van der Waals surface area (Å²) < 4.78 is 104. The molecule has 4 aromatic rings. The number of nitrogens with zero attached hydrogens (tertiary/aromatic N) is 3. The molecule has 3 N–H and O–H groups in total. The maximum atomic E-state index is 15.4. The highest BCUT2D eigenvalue weighted by Gasteiger charge is 2.38. The van der Waals surface area contributed by atoms with Crippen molar-refractivity contribution in [1.82, 2.24) is 25.0 Å². The molecule has 1 aliphatic heterocycles. The fourth-order valence-electron chi connectivity index (χ4n) is 4.93. The molecule has 4 unspecified atom stereocenters. The van der Waals surface area contributed by atoms with Gasteiger partial charge < -0.3 is 19.9 Å². The molecule has 240 valence electrons. The van der Waals surface area contributed by atoms with Crippen molar-refractivity contribution < 1.29 is 35.5 Å². The van der Waals surface area contributed by atoms with E-state index in [9.17, 15) is 17.5 Å². The quantitative estimate of drug-likeness (QED) is 0.112. The minimum absolute atomic E-state index is 0. The first kappa shape index (κ1) is 34.1. The Bertz CT molecular complexity index is 1650. The fourth-order valence-corrected chi connectivity index (χ4v) is 5.38. The van der Waals surface area contributed by atoms with Crippen LogP contribution in [0.3, 0.4) is 0 Å². The van der Waals surface area contributed by atoms with Crippen LogP contribution in [0.5, 0.6) is 11.6 Å². The molecule has 5 rings (SSSR count). The van der Waals surface area contributed by atoms with E-state index in [2.05, 4.69) is 25.6 Å². The Morgan fingerprint density at radius 3 is 2.51 bits per heavy atom. The lowest BCUT2D eigenvalue weighted by Crippen LogP contribution is -2.48. The Labute approximate surface area is 263 Å². The van der Waals surface area contributed by atoms with Gasteiger partial charge in [-0.25, -0.2) is 37.2 Å². The Kier molecular flexibility index (Phi) is 11.0. The number of nitrogens with one attached hydrogen (secondary N) is 3. The Hall–Kier alpha value is -3.76. The number of halogens is 6. The third kappa shape index (κ3) is 8.10. The number of hydrogen-bond donors (Lipinski definition) is 3. The minimum Gasteiger partial charge on any atom is -0.760 e. The predicted molar refractivity (Wildman–Crippen MR) is 158 cm³/mol. The monoisotopic (exact) mass is 669 g/mol. The van der Waals surface area contributed by atoms with Crippen molar-refractivity contribution in [2.45, 2.75) is 31.4 Å². The molecule has 1 aliphatic rings. The molecule has 0 spiro atoms. The van der Waals surface area contributed by atoms with Crippen LogP contribution in [0.2, 0.25) is 0 Å². The van der Waals surface area contributed by atoms with E-state index in [0.717, 1.165) is 6.92 Å². The molecule has 0 aliphatic carbocycles. The average Bonchev–Trinajstić information content (AvgIpc) is 3.00. The number of piperidine rings is 1. The van der Waals surface area contributed by atoms with Crippen LogP contribution in [-0.2, 0) is 11.3 Å². The number of alkyl halides is 2. The first-order valence-electron chi connectivity index (χ1n) is 13.4. The van der Waals surface area contributed by atoms with Gasteiger partial charge >= 0.3 is 0 Å². The second-order valence-electron chi connectivity index (χ2n) is 10.2. The fraction of sp³-hybridized carbons (Fsp3) is 0.276. The summed E-state index contributed by atoms with van der Waals surface area (Å²) in [4.78, 5) is 12.7. The van der Waals surface area contributed by atoms with E-state index in [-0.39, 0.29) is 60.1 Å². The maximum absolute atomic E-state index is 15.4. The molecule has 1 fully saturated rings. The van der Waals surface area contributed by atoms with Crippen LogP contribution in [0.4, 0.5) is 27.9 Å². The average molecular weight is 670 g/mol. The lowest BCUT2D eigenvalue weighted by Gasteiger charge is -2.33. The van der Waals surface area contributed by atoms with Gasteiger partial charge in [0.2, 0.25) is 23.6 Å². The van der Waals surface area contributed by atoms with E-state index in [0.29, 0.717) is 12.6 Å². The zero-order valence-corrected chi connectivity index (χ0v) is 25.1. The van der Waals surface area contributed by atoms with Crippen molar-refractivity contribution in [2.75, 3.05) is 18.4 Å². The summed E-state index contributed by atoms with van der Waals surface area (Å²) in [6.07, 6.45) is 2.91. The summed E-state index contributed by atoms with van der Waals surface area (Å²) in [5.74, 6) is -9.20. The molecule has 4 atom stereocenters. The third-order valence-electron chi connectivity index (χ3n) is 7.11. The summed E-state index contributed by atoms with van der Waals surface area (Å²) in [5, 5.41) is 6.02. The largest absolute Gasteiger partial charge is 0.760 e. The van der Waals surface area contributed by atoms with Crippen LogP contribution in [0.1, 0.15) is 30.5 Å². The summed E-state index contributed by atoms with van der Waals surface area (Å²) in [5.41, 5.74) is -0.229. The van der Waals surface area contributed by atoms with Gasteiger partial charge in [0.1, 0.15) is 5.82 Å². The Balaban J connectivity index is 0.00000461. The lowest BCUT2D eigenvalue weighted by molar-refractivity contribution is -0.0488. The molecular weight excluding hydrogens is 643 g/mol. The summed E-state index contributed by atoms with van der Waals surface area (Å²) in [6.45, 7) is 1.47. The van der Waals surface area contributed by atoms with Crippen LogP contribution in [-0.4, -0.2) is 48.8 Å². The predicted octanol–water partition coefficient (Wildman–Crippen LogP) is 5.69. The van der Waals surface area contributed by atoms with Gasteiger partial charge in [-0.1, -0.05) is 30.3 Å². The molecule has 0 radical (unpaired) electrons. The molecule has 3 heterocycles. The highest BCUT2D eigenvalue weighted by atomic mass is 35.5. The SMILES string of the molecule is CC(F)(F)C1CNCC(Nc2nccc(-c3cccnc3Oc3cc(F)c(C(NS(=O)[O-])c4ccccc4)c(F)c3F)n2)C1.Cl. The summed E-state index contributed by atoms with van der Waals surface area (Å²) in [6, 6.07) is 10.8. The van der Waals surface area contributed by atoms with Crippen LogP contribution < -0.4 is 20.1 Å². The number of benzene rings is 2. The van der Waals surface area contributed by atoms with Gasteiger partial charge in [0.15, 0.2) is 11.6 Å². The number of anilines is 1. The van der Waals surface area contributed by atoms with Crippen molar-refractivity contribution in [3.8, 4) is 22.9 Å². The number of rotatable bonds is 10. The highest BCUT2D eigenvalue weighted by Crippen LogP contribution is 2.37. The van der Waals surface area contributed by atoms with Crippen LogP contribution >= 0.6 is 12.4 Å². The first-order valence-corrected chi connectivity index (χ1v) is 14.5. The second-order valence-corrected chi connectivity index (χ2v) is 10.9. The second kappa shape index (κ2) is 14.6. The van der Waals surface area contributed by atoms with Crippen molar-refractivity contribution in [3.63, 3.8) is 0 Å². The summed E-state index contributed by atoms with van der Waals surface area (Å²) in [7, 11) is 0. The number of hydrogen-bond acceptors (Lipinski definition) is 8. The van der Waals surface area contributed by atoms with E-state index in [4.69, 9.17) is 4.74 Å². The molecule has 1 saturated heterocycles. The van der Waals surface area contributed by atoms with E-state index in [1.165, 1.54) is 54.9 Å². The topological polar surface area (TPSA) is 124 Å². The third-order valence-corrected chi connectivity index (χ3v) is 7.53. The Morgan fingerprint density at radius 1 is 1.04 bits per heavy atom. The molecule has 45 heavy (non-hydrogen) atoms. The van der Waals surface area contributed by atoms with Gasteiger partial charge in [0.05, 0.1) is 17.3 Å². The van der Waals surface area contributed by atoms with Gasteiger partial charge in [-0.3, -0.25) is 4.21 Å². The summed E-state index contributed by atoms with van der Waals surface area (Å²) >= 11 is -2.94. The first-order chi connectivity index (χ1) is 21.0. The smallest absolute Gasteiger partial charge is 0.249 e. The molecule has 16 heteroatoms. The van der Waals surface area contributed by atoms with Crippen LogP contribution in [0, 0.1) is 23.4 Å². The molecule has 0 saturated carbocycles. The molecule has 0 amide bonds. The van der Waals surface area contributed by atoms with E-state index in [1.54, 1.807) is 6.07 Å². The molecule has 9 nitrogen and oxygen atoms in total. The maximum Gasteiger partial charge on any atom is 0.249 e. The van der Waals surface area contributed by atoms with Crippen molar-refractivity contribution >= 4 is 29.6 Å². The highest BCUT2D eigenvalue weighted by molar-refractivity contribution is 7.77. The number of aromatic nitrogens is 3. The zero-order chi connectivity index (χ0) is 31.4. The number of ether oxygens (including phenoxy) is 1.